The topological polar surface area (TPSA) is 42.3 Å². The molecule has 0 N–H and O–H groups in total. The van der Waals surface area contributed by atoms with E-state index in [1.165, 1.54) is 11.1 Å². The van der Waals surface area contributed by atoms with E-state index in [1.807, 2.05) is 36.4 Å². The molecule has 1 aliphatic rings. The number of anilines is 3. The van der Waals surface area contributed by atoms with E-state index in [4.69, 9.17) is 0 Å². The Labute approximate surface area is 384 Å². The van der Waals surface area contributed by atoms with E-state index in [0.29, 0.717) is 0 Å². The molecule has 11 aromatic rings. The average molecular weight is 867 g/mol. The molecule has 0 amide bonds. The zero-order valence-electron chi connectivity index (χ0n) is 35.9. The van der Waals surface area contributed by atoms with Crippen LogP contribution in [0.4, 0.5) is 17.1 Å². The van der Waals surface area contributed by atoms with Crippen LogP contribution in [0.15, 0.2) is 265 Å². The lowest BCUT2D eigenvalue weighted by Crippen LogP contribution is -2.37. The van der Waals surface area contributed by atoms with Gasteiger partial charge in [-0.05, 0) is 129 Å². The van der Waals surface area contributed by atoms with Crippen LogP contribution in [-0.2, 0) is 15.3 Å². The highest BCUT2D eigenvalue weighted by molar-refractivity contribution is 7.91. The lowest BCUT2D eigenvalue weighted by atomic mass is 9.62. The number of sulfone groups is 1. The van der Waals surface area contributed by atoms with Gasteiger partial charge in [0.15, 0.2) is 0 Å². The molecule has 66 heavy (non-hydrogen) atoms. The van der Waals surface area contributed by atoms with Gasteiger partial charge in [-0.25, -0.2) is 8.42 Å². The van der Waals surface area contributed by atoms with Crippen molar-refractivity contribution in [2.24, 2.45) is 0 Å². The van der Waals surface area contributed by atoms with Gasteiger partial charge < -0.3 is 9.47 Å². The fourth-order valence-corrected chi connectivity index (χ4v) is 11.6. The summed E-state index contributed by atoms with van der Waals surface area (Å²) in [6.45, 7) is 0. The number of benzene rings is 10. The minimum absolute atomic E-state index is 0.235. The minimum atomic E-state index is -3.87. The molecule has 10 aromatic carbocycles. The molecule has 0 atom stereocenters. The zero-order chi connectivity index (χ0) is 44.2. The van der Waals surface area contributed by atoms with Gasteiger partial charge in [-0.3, -0.25) is 0 Å². The van der Waals surface area contributed by atoms with E-state index in [2.05, 4.69) is 204 Å². The van der Waals surface area contributed by atoms with Crippen LogP contribution in [-0.4, -0.2) is 13.0 Å². The number of aromatic nitrogens is 1. The third-order valence-electron chi connectivity index (χ3n) is 13.3. The van der Waals surface area contributed by atoms with E-state index in [-0.39, 0.29) is 9.79 Å². The van der Waals surface area contributed by atoms with E-state index >= 15 is 0 Å². The predicted molar refractivity (Wildman–Crippen MR) is 270 cm³/mol. The average Bonchev–Trinajstić information content (AvgIpc) is 3.72. The first-order valence-electron chi connectivity index (χ1n) is 22.2. The van der Waals surface area contributed by atoms with Crippen molar-refractivity contribution in [3.05, 3.63) is 277 Å². The van der Waals surface area contributed by atoms with E-state index in [9.17, 15) is 8.42 Å². The molecule has 0 aliphatic carbocycles. The van der Waals surface area contributed by atoms with Crippen LogP contribution < -0.4 is 4.90 Å². The summed E-state index contributed by atoms with van der Waals surface area (Å²) in [6, 6.07) is 87.3. The highest BCUT2D eigenvalue weighted by Gasteiger charge is 2.46. The molecule has 0 unspecified atom stereocenters. The quantitative estimate of drug-likeness (QED) is 0.153. The molecule has 1 aromatic heterocycles. The Balaban J connectivity index is 0.918. The van der Waals surface area contributed by atoms with Crippen LogP contribution >= 0.6 is 0 Å². The van der Waals surface area contributed by atoms with Crippen molar-refractivity contribution in [3.8, 4) is 27.9 Å². The largest absolute Gasteiger partial charge is 0.310 e. The zero-order valence-corrected chi connectivity index (χ0v) is 36.7. The Morgan fingerprint density at radius 3 is 1.15 bits per heavy atom. The fraction of sp³-hybridized carbons (Fsp3) is 0.0164. The second-order valence-electron chi connectivity index (χ2n) is 16.9. The number of nitrogens with zero attached hydrogens (tertiary/aromatic N) is 2. The van der Waals surface area contributed by atoms with Gasteiger partial charge in [0, 0.05) is 22.1 Å². The van der Waals surface area contributed by atoms with Crippen molar-refractivity contribution in [2.75, 3.05) is 4.90 Å². The Morgan fingerprint density at radius 1 is 0.333 bits per heavy atom. The molecule has 0 fully saturated rings. The molecule has 314 valence electrons. The molecule has 0 bridgehead atoms. The molecule has 12 rings (SSSR count). The maximum Gasteiger partial charge on any atom is 0.206 e. The number of rotatable bonds is 8. The number of hydrogen-bond acceptors (Lipinski definition) is 3. The van der Waals surface area contributed by atoms with Gasteiger partial charge in [0.25, 0.3) is 0 Å². The van der Waals surface area contributed by atoms with Gasteiger partial charge in [0.2, 0.25) is 9.84 Å². The van der Waals surface area contributed by atoms with Crippen LogP contribution in [0.25, 0.3) is 49.7 Å². The first kappa shape index (κ1) is 39.3. The Kier molecular flexibility index (Phi) is 9.40. The summed E-state index contributed by atoms with van der Waals surface area (Å²) < 4.78 is 31.2. The summed E-state index contributed by atoms with van der Waals surface area (Å²) in [7, 11) is -3.87. The molecule has 0 saturated heterocycles. The summed E-state index contributed by atoms with van der Waals surface area (Å²) in [4.78, 5) is 2.73. The lowest BCUT2D eigenvalue weighted by Gasteiger charge is -2.46. The normalized spacial score (nSPS) is 13.1. The summed E-state index contributed by atoms with van der Waals surface area (Å²) in [5.74, 6) is 0. The van der Waals surface area contributed by atoms with Crippen LogP contribution in [0, 0.1) is 0 Å². The SMILES string of the molecule is O=S(=O)(c1ccc(N2c3ccccc3C(c3ccccc3)(c3ccccc3)c3ccccc32)cc1)c1ccc(-n2c3ccc(-c4ccccc4)cc3c3cc(-c4ccccc4)ccc32)cc1. The molecular formula is C61H42N2O2S. The molecular weight excluding hydrogens is 825 g/mol. The second kappa shape index (κ2) is 15.8. The van der Waals surface area contributed by atoms with E-state index in [0.717, 1.165) is 77.9 Å². The van der Waals surface area contributed by atoms with Crippen LogP contribution in [0.3, 0.4) is 0 Å². The van der Waals surface area contributed by atoms with Crippen LogP contribution in [0.2, 0.25) is 0 Å². The second-order valence-corrected chi connectivity index (χ2v) is 18.8. The van der Waals surface area contributed by atoms with Crippen molar-refractivity contribution < 1.29 is 8.42 Å². The van der Waals surface area contributed by atoms with Gasteiger partial charge in [-0.1, -0.05) is 170 Å². The smallest absolute Gasteiger partial charge is 0.206 e. The maximum absolute atomic E-state index is 14.5. The number of para-hydroxylation sites is 2. The molecule has 0 spiro atoms. The lowest BCUT2D eigenvalue weighted by molar-refractivity contribution is 0.596. The van der Waals surface area contributed by atoms with Crippen molar-refractivity contribution in [2.45, 2.75) is 15.2 Å². The highest BCUT2D eigenvalue weighted by Crippen LogP contribution is 2.57. The Morgan fingerprint density at radius 2 is 0.712 bits per heavy atom. The van der Waals surface area contributed by atoms with Gasteiger partial charge in [0.1, 0.15) is 0 Å². The molecule has 5 heteroatoms. The first-order valence-corrected chi connectivity index (χ1v) is 23.7. The van der Waals surface area contributed by atoms with E-state index < -0.39 is 15.3 Å². The minimum Gasteiger partial charge on any atom is -0.310 e. The van der Waals surface area contributed by atoms with Gasteiger partial charge in [-0.15, -0.1) is 0 Å². The maximum atomic E-state index is 14.5. The molecule has 1 aliphatic heterocycles. The van der Waals surface area contributed by atoms with Gasteiger partial charge in [-0.2, -0.15) is 0 Å². The molecule has 2 heterocycles. The van der Waals surface area contributed by atoms with Crippen LogP contribution in [0.5, 0.6) is 0 Å². The Hall–Kier alpha value is -8.25. The van der Waals surface area contributed by atoms with Crippen molar-refractivity contribution in [1.29, 1.82) is 0 Å². The first-order chi connectivity index (χ1) is 32.5. The third-order valence-corrected chi connectivity index (χ3v) is 15.1. The summed E-state index contributed by atoms with van der Waals surface area (Å²) in [5, 5.41) is 2.26. The number of fused-ring (bicyclic) bond motifs is 5. The van der Waals surface area contributed by atoms with E-state index in [1.54, 1.807) is 24.3 Å². The van der Waals surface area contributed by atoms with Gasteiger partial charge >= 0.3 is 0 Å². The predicted octanol–water partition coefficient (Wildman–Crippen LogP) is 15.1. The van der Waals surface area contributed by atoms with Crippen molar-refractivity contribution in [3.63, 3.8) is 0 Å². The van der Waals surface area contributed by atoms with Crippen molar-refractivity contribution >= 4 is 48.7 Å². The summed E-state index contributed by atoms with van der Waals surface area (Å²) in [6.07, 6.45) is 0. The number of hydrogen-bond donors (Lipinski definition) is 0. The third kappa shape index (κ3) is 6.23. The molecule has 4 nitrogen and oxygen atoms in total. The molecule has 0 radical (unpaired) electrons. The van der Waals surface area contributed by atoms with Crippen LogP contribution in [0.1, 0.15) is 22.3 Å². The fourth-order valence-electron chi connectivity index (χ4n) is 10.3. The monoisotopic (exact) mass is 866 g/mol. The Bertz CT molecular complexity index is 3500. The highest BCUT2D eigenvalue weighted by atomic mass is 32.2. The summed E-state index contributed by atoms with van der Waals surface area (Å²) >= 11 is 0. The summed E-state index contributed by atoms with van der Waals surface area (Å²) in [5.41, 5.74) is 14.6. The standard InChI is InChI=1S/C61H42N2O2S/c64-66(65,51-35-31-49(32-36-51)62-57-39-29-45(43-17-5-1-6-18-43)41-53(57)54-42-46(30-40-58(54)62)44-19-7-2-8-20-44)52-37-33-50(34-38-52)63-59-27-15-13-25-55(59)61(47-21-9-3-10-22-47,48-23-11-4-12-24-48)56-26-14-16-28-60(56)63/h1-42H. The molecule has 0 saturated carbocycles. The van der Waals surface area contributed by atoms with Crippen molar-refractivity contribution in [1.82, 2.24) is 4.57 Å². The van der Waals surface area contributed by atoms with Gasteiger partial charge in [0.05, 0.1) is 37.6 Å².